The molecule has 0 unspecified atom stereocenters. The topological polar surface area (TPSA) is 66.5 Å². The van der Waals surface area contributed by atoms with Crippen molar-refractivity contribution >= 4 is 15.9 Å². The lowest BCUT2D eigenvalue weighted by Crippen LogP contribution is -2.31. The summed E-state index contributed by atoms with van der Waals surface area (Å²) in [5.41, 5.74) is -0.756. The molecule has 0 spiro atoms. The molecule has 0 heterocycles. The second kappa shape index (κ2) is 8.91. The van der Waals surface area contributed by atoms with Gasteiger partial charge in [0.05, 0.1) is 5.56 Å². The number of alkyl halides is 3. The maximum Gasteiger partial charge on any atom is 0.416 e. The summed E-state index contributed by atoms with van der Waals surface area (Å²) in [6.45, 7) is 3.25. The molecule has 1 amide bonds. The summed E-state index contributed by atoms with van der Waals surface area (Å²) in [7, 11) is -4.12. The van der Waals surface area contributed by atoms with Gasteiger partial charge in [0.25, 0.3) is 5.91 Å². The zero-order chi connectivity index (χ0) is 21.8. The Labute approximate surface area is 166 Å². The third kappa shape index (κ3) is 5.33. The molecule has 0 aliphatic rings. The van der Waals surface area contributed by atoms with Crippen LogP contribution in [-0.2, 0) is 22.7 Å². The second-order valence-corrected chi connectivity index (χ2v) is 8.02. The molecule has 10 heteroatoms. The van der Waals surface area contributed by atoms with E-state index < -0.39 is 38.4 Å². The summed E-state index contributed by atoms with van der Waals surface area (Å²) in [5, 5.41) is 2.41. The van der Waals surface area contributed by atoms with E-state index >= 15 is 0 Å². The van der Waals surface area contributed by atoms with E-state index in [2.05, 4.69) is 5.32 Å². The van der Waals surface area contributed by atoms with Crippen LogP contribution in [-0.4, -0.2) is 31.7 Å². The molecule has 0 radical (unpaired) electrons. The lowest BCUT2D eigenvalue weighted by molar-refractivity contribution is -0.137. The molecule has 0 bridgehead atoms. The lowest BCUT2D eigenvalue weighted by atomic mass is 10.1. The minimum absolute atomic E-state index is 0.121. The number of amides is 1. The number of nitrogens with zero attached hydrogens (tertiary/aromatic N) is 1. The smallest absolute Gasteiger partial charge is 0.348 e. The molecule has 2 aromatic carbocycles. The molecule has 0 fully saturated rings. The van der Waals surface area contributed by atoms with Gasteiger partial charge in [-0.05, 0) is 35.9 Å². The van der Waals surface area contributed by atoms with Crippen LogP contribution in [0.2, 0.25) is 0 Å². The highest BCUT2D eigenvalue weighted by Gasteiger charge is 2.30. The van der Waals surface area contributed by atoms with E-state index in [-0.39, 0.29) is 30.8 Å². The van der Waals surface area contributed by atoms with Gasteiger partial charge in [0, 0.05) is 25.2 Å². The van der Waals surface area contributed by atoms with Gasteiger partial charge in [0.1, 0.15) is 10.7 Å². The fourth-order valence-corrected chi connectivity index (χ4v) is 4.24. The first-order valence-electron chi connectivity index (χ1n) is 8.74. The number of hydrogen-bond donors (Lipinski definition) is 1. The lowest BCUT2D eigenvalue weighted by Gasteiger charge is -2.19. The minimum Gasteiger partial charge on any atom is -0.348 e. The molecule has 0 atom stereocenters. The summed E-state index contributed by atoms with van der Waals surface area (Å²) in [5.74, 6) is -1.73. The molecule has 5 nitrogen and oxygen atoms in total. The third-order valence-corrected chi connectivity index (χ3v) is 6.29. The van der Waals surface area contributed by atoms with E-state index in [9.17, 15) is 30.8 Å². The van der Waals surface area contributed by atoms with Crippen molar-refractivity contribution in [2.75, 3.05) is 13.1 Å². The van der Waals surface area contributed by atoms with Crippen LogP contribution < -0.4 is 5.32 Å². The average Bonchev–Trinajstić information content (AvgIpc) is 2.66. The monoisotopic (exact) mass is 432 g/mol. The van der Waals surface area contributed by atoms with E-state index in [1.807, 2.05) is 0 Å². The van der Waals surface area contributed by atoms with E-state index in [0.717, 1.165) is 34.6 Å². The molecule has 0 aliphatic heterocycles. The van der Waals surface area contributed by atoms with Crippen LogP contribution in [0.3, 0.4) is 0 Å². The first-order valence-corrected chi connectivity index (χ1v) is 10.2. The number of hydrogen-bond acceptors (Lipinski definition) is 3. The third-order valence-electron chi connectivity index (χ3n) is 4.22. The van der Waals surface area contributed by atoms with Crippen molar-refractivity contribution in [1.29, 1.82) is 0 Å². The summed E-state index contributed by atoms with van der Waals surface area (Å²) in [4.78, 5) is 11.7. The first kappa shape index (κ1) is 22.8. The number of carbonyl (C=O) groups is 1. The standard InChI is InChI=1S/C19H20F4N2O3S/c1-3-25(4-2)29(27,28)17-11-14(8-9-16(17)20)18(26)24-12-13-6-5-7-15(10-13)19(21,22)23/h5-11H,3-4,12H2,1-2H3,(H,24,26). The van der Waals surface area contributed by atoms with E-state index in [1.54, 1.807) is 13.8 Å². The van der Waals surface area contributed by atoms with Crippen molar-refractivity contribution < 1.29 is 30.8 Å². The fourth-order valence-electron chi connectivity index (χ4n) is 2.69. The van der Waals surface area contributed by atoms with Gasteiger partial charge in [-0.1, -0.05) is 26.0 Å². The fraction of sp³-hybridized carbons (Fsp3) is 0.316. The Kier molecular flexibility index (Phi) is 7.02. The Morgan fingerprint density at radius 3 is 2.31 bits per heavy atom. The molecule has 2 aromatic rings. The molecular formula is C19H20F4N2O3S. The van der Waals surface area contributed by atoms with Gasteiger partial charge in [0.2, 0.25) is 10.0 Å². The molecule has 29 heavy (non-hydrogen) atoms. The Morgan fingerprint density at radius 1 is 1.07 bits per heavy atom. The number of rotatable bonds is 7. The van der Waals surface area contributed by atoms with Gasteiger partial charge in [-0.15, -0.1) is 0 Å². The number of nitrogens with one attached hydrogen (secondary N) is 1. The molecule has 0 saturated carbocycles. The average molecular weight is 432 g/mol. The Bertz CT molecular complexity index is 987. The summed E-state index contributed by atoms with van der Waals surface area (Å²) < 4.78 is 78.6. The van der Waals surface area contributed by atoms with Crippen molar-refractivity contribution in [2.45, 2.75) is 31.5 Å². The number of benzene rings is 2. The molecule has 2 rings (SSSR count). The normalized spacial score (nSPS) is 12.2. The van der Waals surface area contributed by atoms with Crippen LogP contribution in [0.5, 0.6) is 0 Å². The van der Waals surface area contributed by atoms with E-state index in [1.165, 1.54) is 12.1 Å². The predicted molar refractivity (Wildman–Crippen MR) is 99.1 cm³/mol. The predicted octanol–water partition coefficient (Wildman–Crippen LogP) is 3.81. The van der Waals surface area contributed by atoms with Gasteiger partial charge in [-0.25, -0.2) is 12.8 Å². The van der Waals surface area contributed by atoms with Gasteiger partial charge < -0.3 is 5.32 Å². The Morgan fingerprint density at radius 2 is 1.72 bits per heavy atom. The van der Waals surface area contributed by atoms with Crippen LogP contribution in [0.1, 0.15) is 35.3 Å². The van der Waals surface area contributed by atoms with Gasteiger partial charge in [-0.2, -0.15) is 17.5 Å². The van der Waals surface area contributed by atoms with Crippen molar-refractivity contribution in [3.8, 4) is 0 Å². The summed E-state index contributed by atoms with van der Waals surface area (Å²) >= 11 is 0. The summed E-state index contributed by atoms with van der Waals surface area (Å²) in [6, 6.07) is 7.35. The second-order valence-electron chi connectivity index (χ2n) is 6.12. The Hall–Kier alpha value is -2.46. The van der Waals surface area contributed by atoms with Crippen molar-refractivity contribution in [2.24, 2.45) is 0 Å². The largest absolute Gasteiger partial charge is 0.416 e. The van der Waals surface area contributed by atoms with Crippen LogP contribution in [0.25, 0.3) is 0 Å². The van der Waals surface area contributed by atoms with E-state index in [0.29, 0.717) is 0 Å². The maximum atomic E-state index is 14.1. The van der Waals surface area contributed by atoms with Crippen LogP contribution in [0.4, 0.5) is 17.6 Å². The quantitative estimate of drug-likeness (QED) is 0.677. The summed E-state index contributed by atoms with van der Waals surface area (Å²) in [6.07, 6.45) is -4.51. The van der Waals surface area contributed by atoms with Gasteiger partial charge in [0.15, 0.2) is 0 Å². The molecule has 0 aliphatic carbocycles. The number of carbonyl (C=O) groups excluding carboxylic acids is 1. The highest BCUT2D eigenvalue weighted by atomic mass is 32.2. The number of halogens is 4. The molecule has 158 valence electrons. The molecule has 0 aromatic heterocycles. The minimum atomic E-state index is -4.51. The molecule has 1 N–H and O–H groups in total. The molecule has 0 saturated heterocycles. The molecular weight excluding hydrogens is 412 g/mol. The van der Waals surface area contributed by atoms with Crippen molar-refractivity contribution in [3.05, 3.63) is 65.0 Å². The van der Waals surface area contributed by atoms with Crippen LogP contribution in [0.15, 0.2) is 47.4 Å². The number of sulfonamides is 1. The Balaban J connectivity index is 2.23. The van der Waals surface area contributed by atoms with Gasteiger partial charge in [-0.3, -0.25) is 4.79 Å². The van der Waals surface area contributed by atoms with E-state index in [4.69, 9.17) is 0 Å². The SMILES string of the molecule is CCN(CC)S(=O)(=O)c1cc(C(=O)NCc2cccc(C(F)(F)F)c2)ccc1F. The first-order chi connectivity index (χ1) is 13.5. The zero-order valence-electron chi connectivity index (χ0n) is 15.8. The highest BCUT2D eigenvalue weighted by molar-refractivity contribution is 7.89. The van der Waals surface area contributed by atoms with Gasteiger partial charge >= 0.3 is 6.18 Å². The zero-order valence-corrected chi connectivity index (χ0v) is 16.6. The highest BCUT2D eigenvalue weighted by Crippen LogP contribution is 2.29. The van der Waals surface area contributed by atoms with Crippen molar-refractivity contribution in [3.63, 3.8) is 0 Å². The van der Waals surface area contributed by atoms with Crippen LogP contribution in [0, 0.1) is 5.82 Å². The van der Waals surface area contributed by atoms with Crippen molar-refractivity contribution in [1.82, 2.24) is 9.62 Å². The van der Waals surface area contributed by atoms with Crippen LogP contribution >= 0.6 is 0 Å². The maximum absolute atomic E-state index is 14.1.